The van der Waals surface area contributed by atoms with Gasteiger partial charge >= 0.3 is 0 Å². The molecule has 0 fully saturated rings. The van der Waals surface area contributed by atoms with Crippen LogP contribution in [0, 0.1) is 5.82 Å². The van der Waals surface area contributed by atoms with Crippen LogP contribution >= 0.6 is 0 Å². The van der Waals surface area contributed by atoms with Crippen LogP contribution < -0.4 is 10.1 Å². The molecule has 0 bridgehead atoms. The van der Waals surface area contributed by atoms with Crippen LogP contribution in [0.5, 0.6) is 11.5 Å². The minimum Gasteiger partial charge on any atom is -0.508 e. The number of hydrogen-bond donors (Lipinski definition) is 2. The summed E-state index contributed by atoms with van der Waals surface area (Å²) in [5.74, 6) is 0.487. The smallest absolute Gasteiger partial charge is 0.131 e. The molecule has 112 valence electrons. The SMILES string of the molecule is CCNC(Cc1ccc(O)cc1)c1c(F)cccc1OC. The van der Waals surface area contributed by atoms with E-state index in [1.807, 2.05) is 19.1 Å². The maximum absolute atomic E-state index is 14.2. The molecule has 0 aromatic heterocycles. The van der Waals surface area contributed by atoms with Gasteiger partial charge < -0.3 is 15.2 Å². The van der Waals surface area contributed by atoms with Gasteiger partial charge in [0.15, 0.2) is 0 Å². The largest absolute Gasteiger partial charge is 0.508 e. The minimum absolute atomic E-state index is 0.185. The third kappa shape index (κ3) is 3.73. The normalized spacial score (nSPS) is 12.1. The third-order valence-corrected chi connectivity index (χ3v) is 3.41. The van der Waals surface area contributed by atoms with Crippen molar-refractivity contribution in [2.75, 3.05) is 13.7 Å². The molecule has 0 spiro atoms. The van der Waals surface area contributed by atoms with Gasteiger partial charge in [0.25, 0.3) is 0 Å². The van der Waals surface area contributed by atoms with Crippen molar-refractivity contribution >= 4 is 0 Å². The fourth-order valence-electron chi connectivity index (χ4n) is 2.42. The molecule has 2 N–H and O–H groups in total. The van der Waals surface area contributed by atoms with Gasteiger partial charge in [-0.15, -0.1) is 0 Å². The summed E-state index contributed by atoms with van der Waals surface area (Å²) in [4.78, 5) is 0. The predicted molar refractivity (Wildman–Crippen MR) is 81.2 cm³/mol. The second-order valence-electron chi connectivity index (χ2n) is 4.84. The highest BCUT2D eigenvalue weighted by molar-refractivity contribution is 5.38. The molecule has 0 aliphatic rings. The molecule has 4 heteroatoms. The molecule has 0 aliphatic carbocycles. The minimum atomic E-state index is -0.279. The zero-order chi connectivity index (χ0) is 15.2. The zero-order valence-corrected chi connectivity index (χ0v) is 12.3. The van der Waals surface area contributed by atoms with E-state index < -0.39 is 0 Å². The average molecular weight is 289 g/mol. The molecule has 1 unspecified atom stereocenters. The van der Waals surface area contributed by atoms with Gasteiger partial charge in [-0.2, -0.15) is 0 Å². The zero-order valence-electron chi connectivity index (χ0n) is 12.3. The molecule has 0 saturated carbocycles. The predicted octanol–water partition coefficient (Wildman–Crippen LogP) is 3.43. The Morgan fingerprint density at radius 2 is 1.90 bits per heavy atom. The van der Waals surface area contributed by atoms with Crippen molar-refractivity contribution in [3.8, 4) is 11.5 Å². The van der Waals surface area contributed by atoms with Crippen LogP contribution in [-0.4, -0.2) is 18.8 Å². The molecule has 0 amide bonds. The first kappa shape index (κ1) is 15.3. The van der Waals surface area contributed by atoms with Gasteiger partial charge in [0.2, 0.25) is 0 Å². The molecule has 21 heavy (non-hydrogen) atoms. The summed E-state index contributed by atoms with van der Waals surface area (Å²) >= 11 is 0. The molecule has 2 rings (SSSR count). The van der Waals surface area contributed by atoms with E-state index in [2.05, 4.69) is 5.32 Å². The first-order valence-corrected chi connectivity index (χ1v) is 6.99. The number of ether oxygens (including phenoxy) is 1. The third-order valence-electron chi connectivity index (χ3n) is 3.41. The highest BCUT2D eigenvalue weighted by atomic mass is 19.1. The Morgan fingerprint density at radius 1 is 1.19 bits per heavy atom. The van der Waals surface area contributed by atoms with Crippen LogP contribution in [-0.2, 0) is 6.42 Å². The summed E-state index contributed by atoms with van der Waals surface area (Å²) in [5.41, 5.74) is 1.55. The van der Waals surface area contributed by atoms with Gasteiger partial charge in [-0.25, -0.2) is 4.39 Å². The van der Waals surface area contributed by atoms with Crippen molar-refractivity contribution in [2.45, 2.75) is 19.4 Å². The van der Waals surface area contributed by atoms with E-state index in [1.165, 1.54) is 6.07 Å². The summed E-state index contributed by atoms with van der Waals surface area (Å²) in [6.45, 7) is 2.71. The van der Waals surface area contributed by atoms with Crippen molar-refractivity contribution in [3.63, 3.8) is 0 Å². The summed E-state index contributed by atoms with van der Waals surface area (Å²) < 4.78 is 19.5. The van der Waals surface area contributed by atoms with E-state index in [1.54, 1.807) is 31.4 Å². The molecule has 0 radical (unpaired) electrons. The number of hydrogen-bond acceptors (Lipinski definition) is 3. The van der Waals surface area contributed by atoms with Gasteiger partial charge in [0, 0.05) is 11.6 Å². The summed E-state index contributed by atoms with van der Waals surface area (Å²) in [7, 11) is 1.54. The van der Waals surface area contributed by atoms with E-state index >= 15 is 0 Å². The molecule has 2 aromatic rings. The number of phenols is 1. The van der Waals surface area contributed by atoms with Gasteiger partial charge in [-0.3, -0.25) is 0 Å². The lowest BCUT2D eigenvalue weighted by atomic mass is 9.97. The highest BCUT2D eigenvalue weighted by Gasteiger charge is 2.20. The molecule has 3 nitrogen and oxygen atoms in total. The Balaban J connectivity index is 2.32. The number of nitrogens with one attached hydrogen (secondary N) is 1. The first-order valence-electron chi connectivity index (χ1n) is 6.99. The van der Waals surface area contributed by atoms with Crippen molar-refractivity contribution < 1.29 is 14.2 Å². The maximum atomic E-state index is 14.2. The number of benzene rings is 2. The Labute approximate surface area is 124 Å². The number of aromatic hydroxyl groups is 1. The Morgan fingerprint density at radius 3 is 2.52 bits per heavy atom. The molecular weight excluding hydrogens is 269 g/mol. The molecular formula is C17H20FNO2. The number of methoxy groups -OCH3 is 1. The lowest BCUT2D eigenvalue weighted by Crippen LogP contribution is -2.24. The Hall–Kier alpha value is -2.07. The average Bonchev–Trinajstić information content (AvgIpc) is 2.49. The van der Waals surface area contributed by atoms with Crippen LogP contribution in [0.2, 0.25) is 0 Å². The van der Waals surface area contributed by atoms with Crippen molar-refractivity contribution in [1.29, 1.82) is 0 Å². The van der Waals surface area contributed by atoms with Crippen molar-refractivity contribution in [1.82, 2.24) is 5.32 Å². The van der Waals surface area contributed by atoms with Crippen molar-refractivity contribution in [3.05, 3.63) is 59.4 Å². The number of rotatable bonds is 6. The monoisotopic (exact) mass is 289 g/mol. The van der Waals surface area contributed by atoms with E-state index in [9.17, 15) is 9.50 Å². The number of likely N-dealkylation sites (N-methyl/N-ethyl adjacent to an activating group) is 1. The van der Waals surface area contributed by atoms with E-state index in [4.69, 9.17) is 4.74 Å². The number of halogens is 1. The molecule has 1 atom stereocenters. The topological polar surface area (TPSA) is 41.5 Å². The first-order chi connectivity index (χ1) is 10.2. The van der Waals surface area contributed by atoms with Gasteiger partial charge in [-0.1, -0.05) is 25.1 Å². The van der Waals surface area contributed by atoms with E-state index in [0.29, 0.717) is 17.7 Å². The Bertz CT molecular complexity index is 584. The van der Waals surface area contributed by atoms with Crippen LogP contribution in [0.15, 0.2) is 42.5 Å². The second kappa shape index (κ2) is 7.09. The van der Waals surface area contributed by atoms with Gasteiger partial charge in [0.05, 0.1) is 7.11 Å². The standard InChI is InChI=1S/C17H20FNO2/c1-3-19-15(11-12-7-9-13(20)10-8-12)17-14(18)5-4-6-16(17)21-2/h4-10,15,19-20H,3,11H2,1-2H3. The van der Waals surface area contributed by atoms with Crippen molar-refractivity contribution in [2.24, 2.45) is 0 Å². The van der Waals surface area contributed by atoms with Crippen LogP contribution in [0.25, 0.3) is 0 Å². The van der Waals surface area contributed by atoms with Crippen LogP contribution in [0.3, 0.4) is 0 Å². The fourth-order valence-corrected chi connectivity index (χ4v) is 2.42. The van der Waals surface area contributed by atoms with Crippen LogP contribution in [0.4, 0.5) is 4.39 Å². The summed E-state index contributed by atoms with van der Waals surface area (Å²) in [5, 5.41) is 12.6. The Kier molecular flexibility index (Phi) is 5.17. The van der Waals surface area contributed by atoms with Gasteiger partial charge in [0.1, 0.15) is 17.3 Å². The lowest BCUT2D eigenvalue weighted by molar-refractivity contribution is 0.390. The van der Waals surface area contributed by atoms with Crippen LogP contribution in [0.1, 0.15) is 24.1 Å². The lowest BCUT2D eigenvalue weighted by Gasteiger charge is -2.21. The molecule has 0 aliphatic heterocycles. The molecule has 0 heterocycles. The summed E-state index contributed by atoms with van der Waals surface area (Å²) in [6, 6.07) is 11.6. The maximum Gasteiger partial charge on any atom is 0.131 e. The van der Waals surface area contributed by atoms with Gasteiger partial charge in [-0.05, 0) is 42.8 Å². The number of phenolic OH excluding ortho intramolecular Hbond substituents is 1. The summed E-state index contributed by atoms with van der Waals surface area (Å²) in [6.07, 6.45) is 0.616. The van der Waals surface area contributed by atoms with E-state index in [-0.39, 0.29) is 17.6 Å². The van der Waals surface area contributed by atoms with E-state index in [0.717, 1.165) is 12.1 Å². The second-order valence-corrected chi connectivity index (χ2v) is 4.84. The molecule has 2 aromatic carbocycles. The molecule has 0 saturated heterocycles. The quantitative estimate of drug-likeness (QED) is 0.856. The fraction of sp³-hybridized carbons (Fsp3) is 0.294. The highest BCUT2D eigenvalue weighted by Crippen LogP contribution is 2.30.